The molecule has 2 aromatic carbocycles. The number of thiocarbonyl (C=S) groups is 1. The van der Waals surface area contributed by atoms with Crippen LogP contribution < -0.4 is 15.5 Å². The fourth-order valence-electron chi connectivity index (χ4n) is 2.33. The molecule has 0 aliphatic rings. The number of hydrogen-bond donors (Lipinski definition) is 2. The molecule has 0 bridgehead atoms. The number of nitrogens with zero attached hydrogens (tertiary/aromatic N) is 1. The minimum absolute atomic E-state index is 0.0172. The summed E-state index contributed by atoms with van der Waals surface area (Å²) < 4.78 is 4.48. The van der Waals surface area contributed by atoms with Gasteiger partial charge < -0.3 is 20.3 Å². The number of benzene rings is 2. The lowest BCUT2D eigenvalue weighted by atomic mass is 10.1. The number of amides is 2. The van der Waals surface area contributed by atoms with E-state index < -0.39 is 5.97 Å². The first-order chi connectivity index (χ1) is 13.4. The van der Waals surface area contributed by atoms with Crippen molar-refractivity contribution in [1.82, 2.24) is 5.32 Å². The molecule has 0 atom stereocenters. The fourth-order valence-corrected chi connectivity index (χ4v) is 2.56. The molecule has 8 heteroatoms. The van der Waals surface area contributed by atoms with E-state index in [-0.39, 0.29) is 29.8 Å². The van der Waals surface area contributed by atoms with Crippen molar-refractivity contribution >= 4 is 46.5 Å². The maximum Gasteiger partial charge on any atom is 0.306 e. The van der Waals surface area contributed by atoms with Crippen LogP contribution in [0.4, 0.5) is 11.4 Å². The highest BCUT2D eigenvalue weighted by Crippen LogP contribution is 2.16. The van der Waals surface area contributed by atoms with Gasteiger partial charge in [-0.05, 0) is 48.6 Å². The van der Waals surface area contributed by atoms with Gasteiger partial charge >= 0.3 is 5.97 Å². The van der Waals surface area contributed by atoms with Crippen LogP contribution in [0.25, 0.3) is 0 Å². The third-order valence-electron chi connectivity index (χ3n) is 3.87. The summed E-state index contributed by atoms with van der Waals surface area (Å²) in [6.07, 6.45) is -0.0373. The molecule has 0 heterocycles. The van der Waals surface area contributed by atoms with E-state index in [0.29, 0.717) is 11.3 Å². The maximum absolute atomic E-state index is 12.6. The van der Waals surface area contributed by atoms with Crippen LogP contribution in [-0.4, -0.2) is 37.1 Å². The quantitative estimate of drug-likeness (QED) is 0.574. The number of hydrogen-bond acceptors (Lipinski definition) is 5. The van der Waals surface area contributed by atoms with Gasteiger partial charge in [-0.3, -0.25) is 14.4 Å². The average Bonchev–Trinajstić information content (AvgIpc) is 2.72. The number of rotatable bonds is 6. The van der Waals surface area contributed by atoms with E-state index >= 15 is 0 Å². The van der Waals surface area contributed by atoms with Crippen molar-refractivity contribution in [2.75, 3.05) is 24.4 Å². The van der Waals surface area contributed by atoms with Crippen molar-refractivity contribution in [3.8, 4) is 0 Å². The maximum atomic E-state index is 12.6. The molecule has 28 heavy (non-hydrogen) atoms. The Hall–Kier alpha value is -3.26. The van der Waals surface area contributed by atoms with Gasteiger partial charge in [0.05, 0.1) is 13.5 Å². The molecule has 0 aliphatic heterocycles. The minimum Gasteiger partial charge on any atom is -0.469 e. The van der Waals surface area contributed by atoms with Gasteiger partial charge in [-0.2, -0.15) is 0 Å². The van der Waals surface area contributed by atoms with E-state index in [2.05, 4.69) is 15.4 Å². The van der Waals surface area contributed by atoms with Gasteiger partial charge in [-0.1, -0.05) is 18.2 Å². The molecule has 0 fully saturated rings. The molecule has 2 N–H and O–H groups in total. The lowest BCUT2D eigenvalue weighted by molar-refractivity contribution is -0.142. The van der Waals surface area contributed by atoms with Crippen LogP contribution in [-0.2, 0) is 14.3 Å². The van der Waals surface area contributed by atoms with Crippen molar-refractivity contribution in [3.63, 3.8) is 0 Å². The Balaban J connectivity index is 1.90. The lowest BCUT2D eigenvalue weighted by Crippen LogP contribution is -2.34. The summed E-state index contributed by atoms with van der Waals surface area (Å²) in [5.41, 5.74) is 1.94. The predicted molar refractivity (Wildman–Crippen MR) is 111 cm³/mol. The Bertz CT molecular complexity index is 854. The minimum atomic E-state index is -0.463. The smallest absolute Gasteiger partial charge is 0.306 e. The second kappa shape index (κ2) is 10.2. The van der Waals surface area contributed by atoms with Crippen molar-refractivity contribution in [3.05, 3.63) is 60.2 Å². The summed E-state index contributed by atoms with van der Waals surface area (Å²) in [4.78, 5) is 36.9. The first kappa shape index (κ1) is 21.0. The van der Waals surface area contributed by atoms with Gasteiger partial charge in [0.1, 0.15) is 0 Å². The van der Waals surface area contributed by atoms with Crippen molar-refractivity contribution in [2.45, 2.75) is 12.8 Å². The van der Waals surface area contributed by atoms with Crippen molar-refractivity contribution in [2.24, 2.45) is 0 Å². The molecule has 0 unspecified atom stereocenters. The Morgan fingerprint density at radius 2 is 1.64 bits per heavy atom. The molecule has 0 aliphatic carbocycles. The SMILES string of the molecule is COC(=O)CCC(=O)NC(=S)Nc1ccc(C(=O)N(C)c2ccccc2)cc1. The van der Waals surface area contributed by atoms with Gasteiger partial charge in [-0.25, -0.2) is 0 Å². The van der Waals surface area contributed by atoms with E-state index in [1.807, 2.05) is 30.3 Å². The summed E-state index contributed by atoms with van der Waals surface area (Å²) in [6.45, 7) is 0. The number of ether oxygens (including phenoxy) is 1. The zero-order chi connectivity index (χ0) is 20.5. The van der Waals surface area contributed by atoms with Crippen LogP contribution in [0.2, 0.25) is 0 Å². The molecule has 7 nitrogen and oxygen atoms in total. The van der Waals surface area contributed by atoms with Crippen molar-refractivity contribution in [1.29, 1.82) is 0 Å². The molecular formula is C20H21N3O4S. The van der Waals surface area contributed by atoms with E-state index in [1.165, 1.54) is 7.11 Å². The first-order valence-electron chi connectivity index (χ1n) is 8.51. The van der Waals surface area contributed by atoms with Gasteiger partial charge in [0.2, 0.25) is 5.91 Å². The van der Waals surface area contributed by atoms with E-state index in [9.17, 15) is 14.4 Å². The first-order valence-corrected chi connectivity index (χ1v) is 8.92. The normalized spacial score (nSPS) is 9.93. The Morgan fingerprint density at radius 1 is 1.00 bits per heavy atom. The highest BCUT2D eigenvalue weighted by atomic mass is 32.1. The predicted octanol–water partition coefficient (Wildman–Crippen LogP) is 2.73. The standard InChI is InChI=1S/C20H21N3O4S/c1-23(16-6-4-3-5-7-16)19(26)14-8-10-15(11-9-14)21-20(28)22-17(24)12-13-18(25)27-2/h3-11H,12-13H2,1-2H3,(H2,21,22,24,28). The van der Waals surface area contributed by atoms with Gasteiger partial charge in [0.25, 0.3) is 5.91 Å². The number of anilines is 2. The number of esters is 1. The summed E-state index contributed by atoms with van der Waals surface area (Å²) in [5, 5.41) is 5.45. The molecule has 146 valence electrons. The highest BCUT2D eigenvalue weighted by molar-refractivity contribution is 7.80. The Kier molecular flexibility index (Phi) is 7.65. The Morgan fingerprint density at radius 3 is 2.25 bits per heavy atom. The number of para-hydroxylation sites is 1. The van der Waals surface area contributed by atoms with Gasteiger partial charge in [0, 0.05) is 30.4 Å². The molecule has 2 amide bonds. The fraction of sp³-hybridized carbons (Fsp3) is 0.200. The third kappa shape index (κ3) is 6.17. The second-order valence-electron chi connectivity index (χ2n) is 5.86. The zero-order valence-corrected chi connectivity index (χ0v) is 16.4. The topological polar surface area (TPSA) is 87.7 Å². The lowest BCUT2D eigenvalue weighted by Gasteiger charge is -2.17. The van der Waals surface area contributed by atoms with E-state index in [1.54, 1.807) is 36.2 Å². The van der Waals surface area contributed by atoms with Crippen LogP contribution >= 0.6 is 12.2 Å². The third-order valence-corrected chi connectivity index (χ3v) is 4.08. The Labute approximate surface area is 168 Å². The number of nitrogens with one attached hydrogen (secondary N) is 2. The molecule has 0 spiro atoms. The van der Waals surface area contributed by atoms with Crippen LogP contribution in [0, 0.1) is 0 Å². The van der Waals surface area contributed by atoms with Crippen molar-refractivity contribution < 1.29 is 19.1 Å². The summed E-state index contributed by atoms with van der Waals surface area (Å²) in [7, 11) is 2.97. The highest BCUT2D eigenvalue weighted by Gasteiger charge is 2.13. The molecule has 0 saturated carbocycles. The zero-order valence-electron chi connectivity index (χ0n) is 15.6. The average molecular weight is 399 g/mol. The number of carbonyl (C=O) groups excluding carboxylic acids is 3. The largest absolute Gasteiger partial charge is 0.469 e. The van der Waals surface area contributed by atoms with Crippen LogP contribution in [0.5, 0.6) is 0 Å². The number of carbonyl (C=O) groups is 3. The summed E-state index contributed by atoms with van der Waals surface area (Å²) >= 11 is 5.08. The second-order valence-corrected chi connectivity index (χ2v) is 6.26. The molecular weight excluding hydrogens is 378 g/mol. The van der Waals surface area contributed by atoms with Crippen LogP contribution in [0.1, 0.15) is 23.2 Å². The molecule has 0 saturated heterocycles. The molecule has 2 aromatic rings. The number of methoxy groups -OCH3 is 1. The summed E-state index contributed by atoms with van der Waals surface area (Å²) in [5.74, 6) is -0.995. The molecule has 2 rings (SSSR count). The van der Waals surface area contributed by atoms with E-state index in [0.717, 1.165) is 5.69 Å². The molecule has 0 aromatic heterocycles. The monoisotopic (exact) mass is 399 g/mol. The van der Waals surface area contributed by atoms with Gasteiger partial charge in [-0.15, -0.1) is 0 Å². The van der Waals surface area contributed by atoms with Gasteiger partial charge in [0.15, 0.2) is 5.11 Å². The molecule has 0 radical (unpaired) electrons. The summed E-state index contributed by atoms with van der Waals surface area (Å²) in [6, 6.07) is 16.1. The van der Waals surface area contributed by atoms with E-state index in [4.69, 9.17) is 12.2 Å². The van der Waals surface area contributed by atoms with Crippen LogP contribution in [0.15, 0.2) is 54.6 Å². The van der Waals surface area contributed by atoms with Crippen LogP contribution in [0.3, 0.4) is 0 Å².